The summed E-state index contributed by atoms with van der Waals surface area (Å²) in [6, 6.07) is 12.8. The van der Waals surface area contributed by atoms with Crippen molar-refractivity contribution >= 4 is 34.3 Å². The van der Waals surface area contributed by atoms with Crippen molar-refractivity contribution in [1.82, 2.24) is 19.8 Å². The van der Waals surface area contributed by atoms with E-state index in [1.165, 1.54) is 22.9 Å². The molecule has 1 saturated heterocycles. The fourth-order valence-corrected chi connectivity index (χ4v) is 6.41. The normalized spacial score (nSPS) is 19.7. The van der Waals surface area contributed by atoms with Gasteiger partial charge in [0.15, 0.2) is 0 Å². The molecule has 0 saturated carbocycles. The lowest BCUT2D eigenvalue weighted by molar-refractivity contribution is -0.136. The van der Waals surface area contributed by atoms with Gasteiger partial charge in [-0.2, -0.15) is 5.26 Å². The van der Waals surface area contributed by atoms with E-state index in [9.17, 15) is 28.4 Å². The number of halogens is 2. The van der Waals surface area contributed by atoms with Crippen LogP contribution in [0.2, 0.25) is 0 Å². The Morgan fingerprint density at radius 1 is 1.18 bits per heavy atom. The van der Waals surface area contributed by atoms with Crippen LogP contribution in [-0.4, -0.2) is 63.2 Å². The molecule has 3 atom stereocenters. The molecule has 4 aromatic rings. The summed E-state index contributed by atoms with van der Waals surface area (Å²) in [5, 5.41) is 13.2. The third-order valence-electron chi connectivity index (χ3n) is 8.65. The van der Waals surface area contributed by atoms with Crippen LogP contribution in [0.3, 0.4) is 0 Å². The number of carbonyl (C=O) groups is 3. The number of nitriles is 1. The van der Waals surface area contributed by atoms with Crippen molar-refractivity contribution in [2.24, 2.45) is 5.92 Å². The van der Waals surface area contributed by atoms with Gasteiger partial charge in [0.1, 0.15) is 29.4 Å². The smallest absolute Gasteiger partial charge is 0.270 e. The summed E-state index contributed by atoms with van der Waals surface area (Å²) in [5.74, 6) is -2.95. The molecule has 1 spiro atoms. The third kappa shape index (κ3) is 4.76. The van der Waals surface area contributed by atoms with Gasteiger partial charge in [-0.25, -0.2) is 8.78 Å². The van der Waals surface area contributed by atoms with Gasteiger partial charge in [-0.15, -0.1) is 0 Å². The van der Waals surface area contributed by atoms with Gasteiger partial charge < -0.3 is 20.1 Å². The van der Waals surface area contributed by atoms with Crippen LogP contribution in [0.1, 0.15) is 42.7 Å². The zero-order chi connectivity index (χ0) is 31.3. The third-order valence-corrected chi connectivity index (χ3v) is 8.65. The number of aromatic nitrogens is 2. The quantitative estimate of drug-likeness (QED) is 0.324. The van der Waals surface area contributed by atoms with Gasteiger partial charge >= 0.3 is 0 Å². The summed E-state index contributed by atoms with van der Waals surface area (Å²) < 4.78 is 28.1. The van der Waals surface area contributed by atoms with E-state index in [4.69, 9.17) is 0 Å². The second-order valence-electron chi connectivity index (χ2n) is 11.9. The van der Waals surface area contributed by atoms with Gasteiger partial charge in [0.25, 0.3) is 5.91 Å². The van der Waals surface area contributed by atoms with E-state index in [0.717, 1.165) is 23.3 Å². The summed E-state index contributed by atoms with van der Waals surface area (Å²) in [7, 11) is 1.47. The molecule has 9 nitrogen and oxygen atoms in total. The largest absolute Gasteiger partial charge is 0.350 e. The molecule has 2 aliphatic heterocycles. The van der Waals surface area contributed by atoms with Gasteiger partial charge in [0.05, 0.1) is 17.0 Å². The van der Waals surface area contributed by atoms with E-state index >= 15 is 0 Å². The predicted molar refractivity (Wildman–Crippen MR) is 159 cm³/mol. The SMILES string of the molecule is CC(C)CC(C(=O)N1C[C@]2(C[C@H]1C#N)C(=O)Nc1ccc(-c3cccnc3)cc12)N(C)C(=O)c1cc2c(F)cc(F)cc2[nH]1. The van der Waals surface area contributed by atoms with E-state index < -0.39 is 40.9 Å². The number of aromatic amines is 1. The Balaban J connectivity index is 1.33. The first-order valence-corrected chi connectivity index (χ1v) is 14.3. The van der Waals surface area contributed by atoms with Crippen LogP contribution in [-0.2, 0) is 15.0 Å². The van der Waals surface area contributed by atoms with E-state index in [1.807, 2.05) is 44.2 Å². The number of carbonyl (C=O) groups excluding carboxylic acids is 3. The fourth-order valence-electron chi connectivity index (χ4n) is 6.41. The van der Waals surface area contributed by atoms with Crippen molar-refractivity contribution in [2.75, 3.05) is 18.9 Å². The Hall–Kier alpha value is -5.11. The molecule has 2 aromatic carbocycles. The molecule has 0 bridgehead atoms. The first kappa shape index (κ1) is 29.0. The minimum Gasteiger partial charge on any atom is -0.350 e. The minimum absolute atomic E-state index is 0.00434. The Morgan fingerprint density at radius 2 is 1.98 bits per heavy atom. The molecule has 0 radical (unpaired) electrons. The molecule has 11 heteroatoms. The highest BCUT2D eigenvalue weighted by Crippen LogP contribution is 2.48. The van der Waals surface area contributed by atoms with Gasteiger partial charge in [-0.05, 0) is 59.4 Å². The van der Waals surface area contributed by atoms with Crippen LogP contribution in [0.15, 0.2) is 60.9 Å². The number of nitrogens with one attached hydrogen (secondary N) is 2. The second kappa shape index (κ2) is 10.9. The first-order valence-electron chi connectivity index (χ1n) is 14.3. The number of likely N-dealkylation sites (N-methyl/N-ethyl adjacent to an activating group) is 1. The van der Waals surface area contributed by atoms with Crippen LogP contribution in [0, 0.1) is 28.9 Å². The number of likely N-dealkylation sites (tertiary alicyclic amines) is 1. The van der Waals surface area contributed by atoms with Crippen molar-refractivity contribution in [3.05, 3.63) is 83.8 Å². The highest BCUT2D eigenvalue weighted by atomic mass is 19.1. The molecule has 1 unspecified atom stereocenters. The van der Waals surface area contributed by atoms with Crippen LogP contribution in [0.25, 0.3) is 22.0 Å². The lowest BCUT2D eigenvalue weighted by atomic mass is 9.79. The van der Waals surface area contributed by atoms with Crippen molar-refractivity contribution in [1.29, 1.82) is 5.26 Å². The topological polar surface area (TPSA) is 122 Å². The Labute approximate surface area is 252 Å². The highest BCUT2D eigenvalue weighted by molar-refractivity contribution is 6.08. The maximum Gasteiger partial charge on any atom is 0.270 e. The summed E-state index contributed by atoms with van der Waals surface area (Å²) in [5.41, 5.74) is 2.02. The lowest BCUT2D eigenvalue weighted by Gasteiger charge is -2.33. The predicted octanol–water partition coefficient (Wildman–Crippen LogP) is 5.01. The van der Waals surface area contributed by atoms with Crippen molar-refractivity contribution < 1.29 is 23.2 Å². The van der Waals surface area contributed by atoms with E-state index in [-0.39, 0.29) is 47.8 Å². The monoisotopic (exact) mass is 596 g/mol. The maximum atomic E-state index is 14.4. The molecule has 2 aromatic heterocycles. The lowest BCUT2D eigenvalue weighted by Crippen LogP contribution is -2.52. The average Bonchev–Trinajstić information content (AvgIpc) is 3.69. The van der Waals surface area contributed by atoms with Crippen LogP contribution in [0.5, 0.6) is 0 Å². The van der Waals surface area contributed by atoms with Gasteiger partial charge in [0, 0.05) is 49.5 Å². The molecular weight excluding hydrogens is 566 g/mol. The standard InChI is InChI=1S/C33H30F2N6O3/c1-18(2)9-29(40(3)30(42)28-13-23-25(35)11-21(34)12-27(23)38-28)31(43)41-17-33(14-22(41)15-36)24-10-19(20-5-4-8-37-16-20)6-7-26(24)39-32(33)44/h4-8,10-13,16,18,22,29,38H,9,14,17H2,1-3H3,(H,39,44)/t22-,29?,33-/m0/s1. The first-order chi connectivity index (χ1) is 21.0. The Morgan fingerprint density at radius 3 is 2.68 bits per heavy atom. The average molecular weight is 597 g/mol. The van der Waals surface area contributed by atoms with Crippen molar-refractivity contribution in [3.8, 4) is 17.2 Å². The Kier molecular flexibility index (Phi) is 7.16. The molecular formula is C33H30F2N6O3. The van der Waals surface area contributed by atoms with Crippen LogP contribution < -0.4 is 5.32 Å². The number of benzene rings is 2. The molecule has 0 aliphatic carbocycles. The van der Waals surface area contributed by atoms with Crippen LogP contribution in [0.4, 0.5) is 14.5 Å². The number of amides is 3. The van der Waals surface area contributed by atoms with Crippen molar-refractivity contribution in [2.45, 2.75) is 44.2 Å². The molecule has 4 heterocycles. The summed E-state index contributed by atoms with van der Waals surface area (Å²) >= 11 is 0. The van der Waals surface area contributed by atoms with Crippen molar-refractivity contribution in [3.63, 3.8) is 0 Å². The zero-order valence-corrected chi connectivity index (χ0v) is 24.4. The van der Waals surface area contributed by atoms with E-state index in [2.05, 4.69) is 21.4 Å². The summed E-state index contributed by atoms with van der Waals surface area (Å²) in [4.78, 5) is 51.1. The highest BCUT2D eigenvalue weighted by Gasteiger charge is 2.57. The maximum absolute atomic E-state index is 14.4. The number of anilines is 1. The molecule has 2 aliphatic rings. The number of nitrogens with zero attached hydrogens (tertiary/aromatic N) is 4. The number of H-pyrrole nitrogens is 1. The Bertz CT molecular complexity index is 1850. The van der Waals surface area contributed by atoms with Crippen LogP contribution >= 0.6 is 0 Å². The molecule has 6 rings (SSSR count). The summed E-state index contributed by atoms with van der Waals surface area (Å²) in [6.45, 7) is 3.79. The van der Waals surface area contributed by atoms with Gasteiger partial charge in [-0.3, -0.25) is 19.4 Å². The summed E-state index contributed by atoms with van der Waals surface area (Å²) in [6.07, 6.45) is 3.78. The van der Waals surface area contributed by atoms with E-state index in [1.54, 1.807) is 12.4 Å². The number of fused-ring (bicyclic) bond motifs is 3. The van der Waals surface area contributed by atoms with Gasteiger partial charge in [-0.1, -0.05) is 26.0 Å². The number of rotatable bonds is 6. The fraction of sp³-hybridized carbons (Fsp3) is 0.303. The molecule has 3 amide bonds. The zero-order valence-electron chi connectivity index (χ0n) is 24.4. The molecule has 2 N–H and O–H groups in total. The molecule has 44 heavy (non-hydrogen) atoms. The number of hydrogen-bond acceptors (Lipinski definition) is 5. The van der Waals surface area contributed by atoms with E-state index in [0.29, 0.717) is 11.3 Å². The molecule has 224 valence electrons. The number of pyridine rings is 1. The molecule has 1 fully saturated rings. The van der Waals surface area contributed by atoms with Gasteiger partial charge in [0.2, 0.25) is 11.8 Å². The minimum atomic E-state index is -1.15. The number of hydrogen-bond donors (Lipinski definition) is 2. The second-order valence-corrected chi connectivity index (χ2v) is 11.9.